The lowest BCUT2D eigenvalue weighted by atomic mass is 10.1. The molecule has 1 heterocycles. The Kier molecular flexibility index (Phi) is 6.88. The zero-order chi connectivity index (χ0) is 19.2. The van der Waals surface area contributed by atoms with E-state index in [1.165, 1.54) is 11.8 Å². The molecule has 1 aromatic heterocycles. The topological polar surface area (TPSA) is 67.0 Å². The molecule has 0 saturated carbocycles. The fourth-order valence-electron chi connectivity index (χ4n) is 2.54. The molecule has 0 aliphatic heterocycles. The average Bonchev–Trinajstić information content (AvgIpc) is 3.04. The number of carbonyl (C=O) groups excluding carboxylic acids is 1. The maximum Gasteiger partial charge on any atom is 0.230 e. The second kappa shape index (κ2) is 9.35. The molecule has 2 N–H and O–H groups in total. The molecule has 5 nitrogen and oxygen atoms in total. The molecule has 3 rings (SSSR count). The van der Waals surface area contributed by atoms with E-state index in [2.05, 4.69) is 15.3 Å². The van der Waals surface area contributed by atoms with Crippen LogP contribution in [-0.2, 0) is 11.2 Å². The molecule has 0 radical (unpaired) electrons. The normalized spacial score (nSPS) is 10.9. The Morgan fingerprint density at radius 3 is 2.89 bits per heavy atom. The van der Waals surface area contributed by atoms with E-state index in [1.54, 1.807) is 12.1 Å². The standard InChI is InChI=1S/C19H19Cl2N3O2S/c1-2-26-14-5-6-16-17(10-14)24-19(23-16)27-11-18(25)22-8-7-12-3-4-13(20)9-15(12)21/h3-6,9-10H,2,7-8,11H2,1H3,(H,22,25)(H,23,24). The largest absolute Gasteiger partial charge is 0.494 e. The van der Waals surface area contributed by atoms with Gasteiger partial charge in [-0.15, -0.1) is 0 Å². The third kappa shape index (κ3) is 5.54. The number of halogens is 2. The van der Waals surface area contributed by atoms with Gasteiger partial charge in [0.1, 0.15) is 5.75 Å². The molecule has 27 heavy (non-hydrogen) atoms. The first-order valence-electron chi connectivity index (χ1n) is 8.51. The summed E-state index contributed by atoms with van der Waals surface area (Å²) in [6.07, 6.45) is 0.650. The van der Waals surface area contributed by atoms with Crippen molar-refractivity contribution in [2.75, 3.05) is 18.9 Å². The molecule has 1 amide bonds. The van der Waals surface area contributed by atoms with Gasteiger partial charge in [-0.3, -0.25) is 4.79 Å². The third-order valence-corrected chi connectivity index (χ3v) is 5.27. The number of fused-ring (bicyclic) bond motifs is 1. The summed E-state index contributed by atoms with van der Waals surface area (Å²) >= 11 is 13.4. The number of hydrogen-bond acceptors (Lipinski definition) is 4. The van der Waals surface area contributed by atoms with Crippen molar-refractivity contribution in [3.05, 3.63) is 52.0 Å². The summed E-state index contributed by atoms with van der Waals surface area (Å²) in [6.45, 7) is 3.07. The highest BCUT2D eigenvalue weighted by atomic mass is 35.5. The molecule has 8 heteroatoms. The van der Waals surface area contributed by atoms with E-state index in [1.807, 2.05) is 31.2 Å². The monoisotopic (exact) mass is 423 g/mol. The number of hydrogen-bond donors (Lipinski definition) is 2. The molecular weight excluding hydrogens is 405 g/mol. The molecule has 142 valence electrons. The maximum absolute atomic E-state index is 12.1. The van der Waals surface area contributed by atoms with E-state index in [9.17, 15) is 4.79 Å². The highest BCUT2D eigenvalue weighted by molar-refractivity contribution is 7.99. The predicted octanol–water partition coefficient (Wildman–Crippen LogP) is 4.72. The number of amides is 1. The fraction of sp³-hybridized carbons (Fsp3) is 0.263. The number of nitrogens with zero attached hydrogens (tertiary/aromatic N) is 1. The minimum Gasteiger partial charge on any atom is -0.494 e. The SMILES string of the molecule is CCOc1ccc2nc(SCC(=O)NCCc3ccc(Cl)cc3Cl)[nH]c2c1. The zero-order valence-corrected chi connectivity index (χ0v) is 17.0. The van der Waals surface area contributed by atoms with Gasteiger partial charge in [0.2, 0.25) is 5.91 Å². The molecule has 0 unspecified atom stereocenters. The quantitative estimate of drug-likeness (QED) is 0.514. The van der Waals surface area contributed by atoms with Gasteiger partial charge in [0.05, 0.1) is 23.4 Å². The van der Waals surface area contributed by atoms with E-state index < -0.39 is 0 Å². The number of carbonyl (C=O) groups is 1. The van der Waals surface area contributed by atoms with Gasteiger partial charge in [-0.05, 0) is 43.2 Å². The Bertz CT molecular complexity index is 946. The van der Waals surface area contributed by atoms with Crippen LogP contribution in [0.25, 0.3) is 11.0 Å². The Morgan fingerprint density at radius 2 is 2.11 bits per heavy atom. The van der Waals surface area contributed by atoms with Crippen LogP contribution < -0.4 is 10.1 Å². The molecule has 3 aromatic rings. The molecule has 0 saturated heterocycles. The van der Waals surface area contributed by atoms with Gasteiger partial charge in [-0.1, -0.05) is 41.0 Å². The lowest BCUT2D eigenvalue weighted by Gasteiger charge is -2.06. The van der Waals surface area contributed by atoms with Gasteiger partial charge in [0.15, 0.2) is 5.16 Å². The van der Waals surface area contributed by atoms with Crippen molar-refractivity contribution in [1.82, 2.24) is 15.3 Å². The third-order valence-electron chi connectivity index (χ3n) is 3.81. The number of thioether (sulfide) groups is 1. The van der Waals surface area contributed by atoms with Crippen LogP contribution in [0.5, 0.6) is 5.75 Å². The van der Waals surface area contributed by atoms with Gasteiger partial charge < -0.3 is 15.0 Å². The van der Waals surface area contributed by atoms with Crippen LogP contribution in [0.1, 0.15) is 12.5 Å². The maximum atomic E-state index is 12.1. The van der Waals surface area contributed by atoms with Crippen LogP contribution in [0.2, 0.25) is 10.0 Å². The number of aromatic nitrogens is 2. The number of H-pyrrole nitrogens is 1. The van der Waals surface area contributed by atoms with Crippen molar-refractivity contribution in [2.24, 2.45) is 0 Å². The first kappa shape index (κ1) is 19.9. The van der Waals surface area contributed by atoms with Crippen LogP contribution in [0, 0.1) is 0 Å². The van der Waals surface area contributed by atoms with Crippen molar-refractivity contribution >= 4 is 51.9 Å². The number of benzene rings is 2. The highest BCUT2D eigenvalue weighted by Crippen LogP contribution is 2.23. The first-order valence-corrected chi connectivity index (χ1v) is 10.3. The lowest BCUT2D eigenvalue weighted by Crippen LogP contribution is -2.27. The lowest BCUT2D eigenvalue weighted by molar-refractivity contribution is -0.118. The number of imidazole rings is 1. The smallest absolute Gasteiger partial charge is 0.230 e. The van der Waals surface area contributed by atoms with Gasteiger partial charge >= 0.3 is 0 Å². The van der Waals surface area contributed by atoms with Gasteiger partial charge in [-0.2, -0.15) is 0 Å². The molecule has 2 aromatic carbocycles. The van der Waals surface area contributed by atoms with E-state index in [0.29, 0.717) is 34.8 Å². The Labute approximate surface area is 171 Å². The van der Waals surface area contributed by atoms with E-state index >= 15 is 0 Å². The minimum atomic E-state index is -0.0550. The first-order chi connectivity index (χ1) is 13.0. The van der Waals surface area contributed by atoms with E-state index in [0.717, 1.165) is 22.3 Å². The van der Waals surface area contributed by atoms with Crippen molar-refractivity contribution in [3.63, 3.8) is 0 Å². The van der Waals surface area contributed by atoms with Crippen LogP contribution in [0.4, 0.5) is 0 Å². The zero-order valence-electron chi connectivity index (χ0n) is 14.7. The summed E-state index contributed by atoms with van der Waals surface area (Å²) in [5.41, 5.74) is 2.69. The van der Waals surface area contributed by atoms with E-state index in [4.69, 9.17) is 27.9 Å². The summed E-state index contributed by atoms with van der Waals surface area (Å²) in [7, 11) is 0. The summed E-state index contributed by atoms with van der Waals surface area (Å²) in [6, 6.07) is 11.1. The molecule has 0 aliphatic carbocycles. The molecule has 0 fully saturated rings. The molecule has 0 bridgehead atoms. The van der Waals surface area contributed by atoms with Crippen molar-refractivity contribution in [3.8, 4) is 5.75 Å². The van der Waals surface area contributed by atoms with Crippen LogP contribution in [0.15, 0.2) is 41.6 Å². The number of aromatic amines is 1. The average molecular weight is 424 g/mol. The van der Waals surface area contributed by atoms with Gasteiger partial charge in [-0.25, -0.2) is 4.98 Å². The summed E-state index contributed by atoms with van der Waals surface area (Å²) < 4.78 is 5.48. The van der Waals surface area contributed by atoms with Crippen LogP contribution >= 0.6 is 35.0 Å². The van der Waals surface area contributed by atoms with Gasteiger partial charge in [0.25, 0.3) is 0 Å². The fourth-order valence-corrected chi connectivity index (χ4v) is 3.75. The summed E-state index contributed by atoms with van der Waals surface area (Å²) in [4.78, 5) is 19.7. The van der Waals surface area contributed by atoms with Gasteiger partial charge in [0, 0.05) is 22.7 Å². The minimum absolute atomic E-state index is 0.0550. The van der Waals surface area contributed by atoms with Crippen molar-refractivity contribution in [1.29, 1.82) is 0 Å². The molecule has 0 spiro atoms. The Hall–Kier alpha value is -1.89. The number of rotatable bonds is 8. The van der Waals surface area contributed by atoms with E-state index in [-0.39, 0.29) is 11.7 Å². The number of ether oxygens (including phenoxy) is 1. The Morgan fingerprint density at radius 1 is 1.26 bits per heavy atom. The predicted molar refractivity (Wildman–Crippen MR) is 111 cm³/mol. The summed E-state index contributed by atoms with van der Waals surface area (Å²) in [5, 5.41) is 4.80. The second-order valence-corrected chi connectivity index (χ2v) is 7.59. The molecule has 0 aliphatic rings. The van der Waals surface area contributed by atoms with Crippen LogP contribution in [-0.4, -0.2) is 34.8 Å². The molecule has 0 atom stereocenters. The highest BCUT2D eigenvalue weighted by Gasteiger charge is 2.08. The summed E-state index contributed by atoms with van der Waals surface area (Å²) in [5.74, 6) is 1.02. The van der Waals surface area contributed by atoms with Crippen molar-refractivity contribution < 1.29 is 9.53 Å². The molecular formula is C19H19Cl2N3O2S. The number of nitrogens with one attached hydrogen (secondary N) is 2. The van der Waals surface area contributed by atoms with Crippen LogP contribution in [0.3, 0.4) is 0 Å². The van der Waals surface area contributed by atoms with Crippen molar-refractivity contribution in [2.45, 2.75) is 18.5 Å². The Balaban J connectivity index is 1.48. The second-order valence-electron chi connectivity index (χ2n) is 5.78.